The normalized spacial score (nSPS) is 11.1. The number of pyridine rings is 1. The quantitative estimate of drug-likeness (QED) is 0.196. The first-order valence-corrected chi connectivity index (χ1v) is 10.9. The summed E-state index contributed by atoms with van der Waals surface area (Å²) in [6.45, 7) is 0.228. The third kappa shape index (κ3) is 5.00. The van der Waals surface area contributed by atoms with E-state index in [9.17, 15) is 14.9 Å². The number of fused-ring (bicyclic) bond motifs is 1. The molecule has 0 N–H and O–H groups in total. The number of rotatable bonds is 7. The van der Waals surface area contributed by atoms with Crippen LogP contribution in [0.3, 0.4) is 0 Å². The van der Waals surface area contributed by atoms with Gasteiger partial charge in [-0.3, -0.25) is 24.8 Å². The average Bonchev–Trinajstić information content (AvgIpc) is 3.28. The van der Waals surface area contributed by atoms with Crippen molar-refractivity contribution in [3.8, 4) is 5.75 Å². The van der Waals surface area contributed by atoms with Crippen molar-refractivity contribution >= 4 is 56.0 Å². The number of thiazole rings is 1. The van der Waals surface area contributed by atoms with Crippen LogP contribution in [-0.4, -0.2) is 27.9 Å². The molecular formula is C23H17ClN4O4S. The number of methoxy groups -OCH3 is 1. The summed E-state index contributed by atoms with van der Waals surface area (Å²) in [5.41, 5.74) is 1.86. The van der Waals surface area contributed by atoms with Crippen molar-refractivity contribution in [1.82, 2.24) is 9.97 Å². The van der Waals surface area contributed by atoms with Crippen LogP contribution in [0, 0.1) is 10.1 Å². The Morgan fingerprint density at radius 1 is 1.27 bits per heavy atom. The third-order valence-electron chi connectivity index (χ3n) is 4.73. The molecule has 0 aliphatic heterocycles. The molecule has 166 valence electrons. The van der Waals surface area contributed by atoms with Crippen LogP contribution in [0.25, 0.3) is 16.3 Å². The van der Waals surface area contributed by atoms with E-state index in [1.54, 1.807) is 49.8 Å². The summed E-state index contributed by atoms with van der Waals surface area (Å²) in [5, 5.41) is 12.0. The highest BCUT2D eigenvalue weighted by atomic mass is 35.5. The molecule has 0 spiro atoms. The molecule has 2 heterocycles. The number of aromatic nitrogens is 2. The summed E-state index contributed by atoms with van der Waals surface area (Å²) in [6.07, 6.45) is 6.22. The van der Waals surface area contributed by atoms with Gasteiger partial charge in [0.2, 0.25) is 0 Å². The van der Waals surface area contributed by atoms with Crippen molar-refractivity contribution in [2.75, 3.05) is 12.0 Å². The highest BCUT2D eigenvalue weighted by molar-refractivity contribution is 7.23. The van der Waals surface area contributed by atoms with E-state index >= 15 is 0 Å². The molecule has 4 aromatic rings. The lowest BCUT2D eigenvalue weighted by Crippen LogP contribution is -2.28. The van der Waals surface area contributed by atoms with E-state index in [-0.39, 0.29) is 18.1 Å². The second kappa shape index (κ2) is 9.76. The van der Waals surface area contributed by atoms with Crippen LogP contribution < -0.4 is 9.64 Å². The van der Waals surface area contributed by atoms with Crippen molar-refractivity contribution in [2.24, 2.45) is 0 Å². The van der Waals surface area contributed by atoms with E-state index in [2.05, 4.69) is 9.97 Å². The third-order valence-corrected chi connectivity index (χ3v) is 6.27. The Labute approximate surface area is 197 Å². The molecule has 0 saturated carbocycles. The Morgan fingerprint density at radius 2 is 2.12 bits per heavy atom. The molecule has 1 amide bonds. The summed E-state index contributed by atoms with van der Waals surface area (Å²) in [5.74, 6) is 0.206. The zero-order valence-electron chi connectivity index (χ0n) is 17.3. The Bertz CT molecular complexity index is 1360. The molecule has 0 atom stereocenters. The number of nitrogens with zero attached hydrogens (tertiary/aromatic N) is 4. The number of hydrogen-bond donors (Lipinski definition) is 0. The predicted molar refractivity (Wildman–Crippen MR) is 129 cm³/mol. The molecule has 0 unspecified atom stereocenters. The largest absolute Gasteiger partial charge is 0.494 e. The zero-order chi connectivity index (χ0) is 23.4. The Morgan fingerprint density at radius 3 is 2.85 bits per heavy atom. The molecule has 0 radical (unpaired) electrons. The zero-order valence-corrected chi connectivity index (χ0v) is 18.9. The molecule has 10 heteroatoms. The monoisotopic (exact) mass is 480 g/mol. The Balaban J connectivity index is 1.72. The van der Waals surface area contributed by atoms with Crippen LogP contribution >= 0.6 is 22.9 Å². The lowest BCUT2D eigenvalue weighted by molar-refractivity contribution is -0.384. The van der Waals surface area contributed by atoms with E-state index in [1.807, 2.05) is 6.07 Å². The van der Waals surface area contributed by atoms with E-state index < -0.39 is 4.92 Å². The van der Waals surface area contributed by atoms with Crippen LogP contribution in [0.5, 0.6) is 5.75 Å². The minimum absolute atomic E-state index is 0.0512. The predicted octanol–water partition coefficient (Wildman–Crippen LogP) is 5.51. The van der Waals surface area contributed by atoms with Crippen molar-refractivity contribution in [3.05, 3.63) is 93.3 Å². The van der Waals surface area contributed by atoms with Crippen molar-refractivity contribution in [1.29, 1.82) is 0 Å². The number of carbonyl (C=O) groups is 1. The second-order valence-corrected chi connectivity index (χ2v) is 8.28. The first-order valence-electron chi connectivity index (χ1n) is 9.72. The number of benzene rings is 2. The van der Waals surface area contributed by atoms with Gasteiger partial charge in [0.1, 0.15) is 11.3 Å². The van der Waals surface area contributed by atoms with Gasteiger partial charge in [-0.25, -0.2) is 4.98 Å². The van der Waals surface area contributed by atoms with Crippen LogP contribution in [0.1, 0.15) is 11.1 Å². The first kappa shape index (κ1) is 22.4. The van der Waals surface area contributed by atoms with Crippen LogP contribution in [0.4, 0.5) is 10.8 Å². The Kier molecular flexibility index (Phi) is 6.62. The van der Waals surface area contributed by atoms with Gasteiger partial charge in [0.15, 0.2) is 5.13 Å². The summed E-state index contributed by atoms with van der Waals surface area (Å²) >= 11 is 7.63. The molecule has 0 saturated heterocycles. The van der Waals surface area contributed by atoms with Crippen LogP contribution in [0.15, 0.2) is 67.0 Å². The molecule has 0 bridgehead atoms. The number of anilines is 1. The van der Waals surface area contributed by atoms with Gasteiger partial charge in [-0.15, -0.1) is 0 Å². The first-order chi connectivity index (χ1) is 16.0. The molecule has 33 heavy (non-hydrogen) atoms. The summed E-state index contributed by atoms with van der Waals surface area (Å²) in [4.78, 5) is 34.0. The fraction of sp³-hybridized carbons (Fsp3) is 0.0870. The van der Waals surface area contributed by atoms with Crippen molar-refractivity contribution < 1.29 is 14.5 Å². The highest BCUT2D eigenvalue weighted by Crippen LogP contribution is 2.39. The lowest BCUT2D eigenvalue weighted by Gasteiger charge is -2.18. The standard InChI is InChI=1S/C23H17ClN4O4S/c1-32-19-9-8-18(24)22-21(19)26-23(33-22)27(14-16-5-3-11-25-13-16)20(29)10-7-15-4-2-6-17(12-15)28(30)31/h2-13H,14H2,1H3/b10-7+. The molecule has 0 fully saturated rings. The summed E-state index contributed by atoms with van der Waals surface area (Å²) in [6, 6.07) is 13.1. The van der Waals surface area contributed by atoms with Gasteiger partial charge < -0.3 is 4.74 Å². The maximum Gasteiger partial charge on any atom is 0.270 e. The van der Waals surface area contributed by atoms with Crippen LogP contribution in [0.2, 0.25) is 5.02 Å². The van der Waals surface area contributed by atoms with Gasteiger partial charge >= 0.3 is 0 Å². The molecule has 0 aliphatic rings. The van der Waals surface area contributed by atoms with Crippen molar-refractivity contribution in [3.63, 3.8) is 0 Å². The number of halogens is 1. The number of nitro groups is 1. The van der Waals surface area contributed by atoms with E-state index in [4.69, 9.17) is 16.3 Å². The number of ether oxygens (including phenoxy) is 1. The number of hydrogen-bond acceptors (Lipinski definition) is 7. The summed E-state index contributed by atoms with van der Waals surface area (Å²) in [7, 11) is 1.54. The number of carbonyl (C=O) groups excluding carboxylic acids is 1. The van der Waals surface area contributed by atoms with Gasteiger partial charge in [0.25, 0.3) is 11.6 Å². The summed E-state index contributed by atoms with van der Waals surface area (Å²) < 4.78 is 6.10. The molecule has 2 aromatic heterocycles. The van der Waals surface area contributed by atoms with E-state index in [1.165, 1.54) is 40.5 Å². The fourth-order valence-electron chi connectivity index (χ4n) is 3.13. The van der Waals surface area contributed by atoms with E-state index in [0.29, 0.717) is 31.7 Å². The van der Waals surface area contributed by atoms with Gasteiger partial charge in [-0.05, 0) is 35.4 Å². The average molecular weight is 481 g/mol. The smallest absolute Gasteiger partial charge is 0.270 e. The molecule has 8 nitrogen and oxygen atoms in total. The maximum atomic E-state index is 13.2. The second-order valence-electron chi connectivity index (χ2n) is 6.89. The topological polar surface area (TPSA) is 98.5 Å². The molecule has 0 aliphatic carbocycles. The van der Waals surface area contributed by atoms with Gasteiger partial charge in [0, 0.05) is 30.6 Å². The van der Waals surface area contributed by atoms with Crippen LogP contribution in [-0.2, 0) is 11.3 Å². The lowest BCUT2D eigenvalue weighted by atomic mass is 10.2. The van der Waals surface area contributed by atoms with Crippen molar-refractivity contribution in [2.45, 2.75) is 6.54 Å². The molecule has 4 rings (SSSR count). The highest BCUT2D eigenvalue weighted by Gasteiger charge is 2.21. The van der Waals surface area contributed by atoms with Gasteiger partial charge in [-0.2, -0.15) is 0 Å². The van der Waals surface area contributed by atoms with Gasteiger partial charge in [0.05, 0.1) is 28.3 Å². The maximum absolute atomic E-state index is 13.2. The minimum Gasteiger partial charge on any atom is -0.494 e. The number of amides is 1. The SMILES string of the molecule is COc1ccc(Cl)c2sc(N(Cc3cccnc3)C(=O)/C=C/c3cccc([N+](=O)[O-])c3)nc12. The molecular weight excluding hydrogens is 464 g/mol. The fourth-order valence-corrected chi connectivity index (χ4v) is 4.40. The number of nitro benzene ring substituents is 1. The van der Waals surface area contributed by atoms with E-state index in [0.717, 1.165) is 5.56 Å². The number of non-ortho nitro benzene ring substituents is 1. The minimum atomic E-state index is -0.480. The van der Waals surface area contributed by atoms with Gasteiger partial charge in [-0.1, -0.05) is 41.1 Å². The molecule has 2 aromatic carbocycles. The Hall–Kier alpha value is -3.82.